The van der Waals surface area contributed by atoms with Gasteiger partial charge in [0, 0.05) is 12.8 Å². The van der Waals surface area contributed by atoms with E-state index in [0.717, 1.165) is 103 Å². The SMILES string of the molecule is CC/C=C/C/C=C/C/C=C/C/C=C/C/C=C/CCC(=O)NC(COP(=O)(O)OCC[N+](C)(C)C)C(/C=C/CCCCCCCCCCCCC)OC(=O)CCCCCCCC/C=C\C/C=C\C/C=C\CCCCC. The molecule has 2 N–H and O–H groups in total. The first-order valence-electron chi connectivity index (χ1n) is 29.7. The van der Waals surface area contributed by atoms with Crippen LogP contribution in [-0.4, -0.2) is 74.3 Å². The van der Waals surface area contributed by atoms with Gasteiger partial charge in [-0.05, 0) is 102 Å². The molecule has 424 valence electrons. The van der Waals surface area contributed by atoms with E-state index in [1.807, 2.05) is 45.4 Å². The monoisotopic (exact) mass is 1050 g/mol. The van der Waals surface area contributed by atoms with Gasteiger partial charge in [-0.15, -0.1) is 0 Å². The number of quaternary nitrogens is 1. The number of unbranched alkanes of at least 4 members (excludes halogenated alkanes) is 20. The molecule has 0 aliphatic carbocycles. The van der Waals surface area contributed by atoms with Crippen molar-refractivity contribution in [3.8, 4) is 0 Å². The molecule has 74 heavy (non-hydrogen) atoms. The zero-order valence-electron chi connectivity index (χ0n) is 48.3. The minimum absolute atomic E-state index is 0.0193. The Kier molecular flexibility index (Phi) is 50.7. The average molecular weight is 1050 g/mol. The predicted octanol–water partition coefficient (Wildman–Crippen LogP) is 18.2. The lowest BCUT2D eigenvalue weighted by Gasteiger charge is -2.27. The maximum Gasteiger partial charge on any atom is 0.472 e. The molecule has 0 saturated heterocycles. The van der Waals surface area contributed by atoms with Gasteiger partial charge >= 0.3 is 13.8 Å². The fourth-order valence-corrected chi connectivity index (χ4v) is 8.61. The Bertz CT molecular complexity index is 1640. The van der Waals surface area contributed by atoms with Crippen LogP contribution in [0.1, 0.15) is 233 Å². The summed E-state index contributed by atoms with van der Waals surface area (Å²) in [4.78, 5) is 37.6. The van der Waals surface area contributed by atoms with Crippen molar-refractivity contribution in [2.75, 3.05) is 40.9 Å². The molecule has 0 heterocycles. The first kappa shape index (κ1) is 70.7. The summed E-state index contributed by atoms with van der Waals surface area (Å²) < 4.78 is 30.6. The molecule has 0 radical (unpaired) electrons. The number of phosphoric ester groups is 1. The highest BCUT2D eigenvalue weighted by molar-refractivity contribution is 7.47. The molecule has 9 nitrogen and oxygen atoms in total. The van der Waals surface area contributed by atoms with E-state index in [0.29, 0.717) is 23.9 Å². The van der Waals surface area contributed by atoms with Crippen molar-refractivity contribution in [3.05, 3.63) is 109 Å². The number of likely N-dealkylation sites (N-methyl/N-ethyl adjacent to an activating group) is 1. The van der Waals surface area contributed by atoms with Crippen LogP contribution >= 0.6 is 7.82 Å². The fraction of sp³-hybridized carbons (Fsp3) is 0.688. The van der Waals surface area contributed by atoms with Crippen LogP contribution in [0.3, 0.4) is 0 Å². The molecule has 0 aromatic rings. The third kappa shape index (κ3) is 53.5. The van der Waals surface area contributed by atoms with E-state index < -0.39 is 20.0 Å². The third-order valence-corrected chi connectivity index (χ3v) is 13.4. The van der Waals surface area contributed by atoms with Crippen LogP contribution in [0.25, 0.3) is 0 Å². The maximum absolute atomic E-state index is 13.5. The van der Waals surface area contributed by atoms with Crippen LogP contribution in [0.5, 0.6) is 0 Å². The number of rotatable bonds is 52. The van der Waals surface area contributed by atoms with Crippen molar-refractivity contribution in [3.63, 3.8) is 0 Å². The first-order chi connectivity index (χ1) is 35.9. The minimum Gasteiger partial charge on any atom is -0.456 e. The van der Waals surface area contributed by atoms with Crippen molar-refractivity contribution in [1.82, 2.24) is 5.32 Å². The van der Waals surface area contributed by atoms with Crippen molar-refractivity contribution in [2.45, 2.75) is 245 Å². The summed E-state index contributed by atoms with van der Waals surface area (Å²) in [7, 11) is 1.43. The number of carbonyl (C=O) groups is 2. The van der Waals surface area contributed by atoms with E-state index in [-0.39, 0.29) is 37.9 Å². The Balaban J connectivity index is 5.47. The van der Waals surface area contributed by atoms with Crippen LogP contribution < -0.4 is 5.32 Å². The van der Waals surface area contributed by atoms with E-state index in [4.69, 9.17) is 13.8 Å². The molecule has 3 atom stereocenters. The lowest BCUT2D eigenvalue weighted by atomic mass is 10.0. The second-order valence-corrected chi connectivity index (χ2v) is 22.2. The number of phosphoric acid groups is 1. The highest BCUT2D eigenvalue weighted by Crippen LogP contribution is 2.43. The number of hydrogen-bond donors (Lipinski definition) is 2. The van der Waals surface area contributed by atoms with E-state index in [1.54, 1.807) is 0 Å². The van der Waals surface area contributed by atoms with Crippen LogP contribution in [0.4, 0.5) is 0 Å². The van der Waals surface area contributed by atoms with Crippen LogP contribution in [0, 0.1) is 0 Å². The fourth-order valence-electron chi connectivity index (χ4n) is 7.87. The summed E-state index contributed by atoms with van der Waals surface area (Å²) in [5.41, 5.74) is 0. The smallest absolute Gasteiger partial charge is 0.456 e. The number of amides is 1. The van der Waals surface area contributed by atoms with Gasteiger partial charge in [-0.25, -0.2) is 4.57 Å². The summed E-state index contributed by atoms with van der Waals surface area (Å²) >= 11 is 0. The molecular formula is C64H112N2O7P+. The molecule has 0 fully saturated rings. The van der Waals surface area contributed by atoms with Crippen LogP contribution in [0.2, 0.25) is 0 Å². The summed E-state index contributed by atoms with van der Waals surface area (Å²) in [6, 6.07) is -0.900. The summed E-state index contributed by atoms with van der Waals surface area (Å²) in [6.45, 7) is 6.79. The van der Waals surface area contributed by atoms with Crippen molar-refractivity contribution < 1.29 is 37.3 Å². The molecule has 1 amide bonds. The predicted molar refractivity (Wildman–Crippen MR) is 318 cm³/mol. The van der Waals surface area contributed by atoms with E-state index in [2.05, 4.69) is 111 Å². The van der Waals surface area contributed by atoms with Gasteiger partial charge in [0.2, 0.25) is 5.91 Å². The Morgan fingerprint density at radius 2 is 0.878 bits per heavy atom. The second-order valence-electron chi connectivity index (χ2n) is 20.8. The number of carbonyl (C=O) groups excluding carboxylic acids is 2. The first-order valence-corrected chi connectivity index (χ1v) is 31.2. The highest BCUT2D eigenvalue weighted by atomic mass is 31.2. The lowest BCUT2D eigenvalue weighted by molar-refractivity contribution is -0.870. The van der Waals surface area contributed by atoms with Crippen LogP contribution in [-0.2, 0) is 27.9 Å². The third-order valence-electron chi connectivity index (χ3n) is 12.5. The minimum atomic E-state index is -4.48. The standard InChI is InChI=1S/C64H111N2O7P/c1-7-10-13-16-19-22-25-28-30-32-33-34-36-39-42-45-48-51-54-57-64(68)73-62(55-52-49-46-43-40-37-27-24-21-18-15-12-9-3)61(60-72-74(69,70)71-59-58-66(4,5)6)65-63(67)56-53-50-47-44-41-38-35-31-29-26-23-20-17-14-11-8-2/h11,14,19-20,22-23,28-31,33-34,38,41,47,50,52,55,61-62H,7-10,12-13,15-18,21,24-27,32,35-37,39-40,42-46,48-49,51,53-54,56-60H2,1-6H3,(H-,65,67,69,70)/p+1/b14-11+,22-19-,23-20+,30-28-,31-29+,34-33-,41-38+,50-47+,55-52+. The lowest BCUT2D eigenvalue weighted by Crippen LogP contribution is -2.47. The number of allylic oxidation sites excluding steroid dienone is 17. The topological polar surface area (TPSA) is 111 Å². The van der Waals surface area contributed by atoms with Crippen LogP contribution in [0.15, 0.2) is 109 Å². The Labute approximate surface area is 455 Å². The molecule has 0 spiro atoms. The summed E-state index contributed by atoms with van der Waals surface area (Å²) in [6.07, 6.45) is 72.4. The van der Waals surface area contributed by atoms with Gasteiger partial charge in [-0.1, -0.05) is 227 Å². The van der Waals surface area contributed by atoms with Gasteiger partial charge in [-0.2, -0.15) is 0 Å². The molecule has 3 unspecified atom stereocenters. The Hall–Kier alpha value is -3.33. The molecule has 0 aliphatic heterocycles. The largest absolute Gasteiger partial charge is 0.472 e. The highest BCUT2D eigenvalue weighted by Gasteiger charge is 2.30. The molecule has 0 aliphatic rings. The van der Waals surface area contributed by atoms with Crippen molar-refractivity contribution >= 4 is 19.7 Å². The van der Waals surface area contributed by atoms with Gasteiger partial charge in [0.25, 0.3) is 0 Å². The Morgan fingerprint density at radius 3 is 1.35 bits per heavy atom. The zero-order valence-corrected chi connectivity index (χ0v) is 49.2. The molecule has 0 aromatic carbocycles. The molecule has 0 saturated carbocycles. The van der Waals surface area contributed by atoms with E-state index in [9.17, 15) is 19.0 Å². The van der Waals surface area contributed by atoms with Gasteiger partial charge in [0.1, 0.15) is 19.3 Å². The number of esters is 1. The quantitative estimate of drug-likeness (QED) is 0.0205. The molecule has 10 heteroatoms. The zero-order chi connectivity index (χ0) is 54.3. The number of hydrogen-bond acceptors (Lipinski definition) is 6. The molecule has 0 bridgehead atoms. The molecular weight excluding hydrogens is 940 g/mol. The van der Waals surface area contributed by atoms with Gasteiger partial charge in [0.15, 0.2) is 0 Å². The average Bonchev–Trinajstić information content (AvgIpc) is 3.36. The number of nitrogens with zero attached hydrogens (tertiary/aromatic N) is 1. The van der Waals surface area contributed by atoms with Gasteiger partial charge < -0.3 is 19.4 Å². The Morgan fingerprint density at radius 1 is 0.486 bits per heavy atom. The molecule has 0 rings (SSSR count). The second kappa shape index (κ2) is 53.1. The number of ether oxygens (including phenoxy) is 1. The van der Waals surface area contributed by atoms with Crippen molar-refractivity contribution in [1.29, 1.82) is 0 Å². The maximum atomic E-state index is 13.5. The summed E-state index contributed by atoms with van der Waals surface area (Å²) in [5.74, 6) is -0.623. The van der Waals surface area contributed by atoms with E-state index >= 15 is 0 Å². The van der Waals surface area contributed by atoms with Crippen molar-refractivity contribution in [2.24, 2.45) is 0 Å². The number of nitrogens with one attached hydrogen (secondary N) is 1. The molecule has 0 aromatic heterocycles. The van der Waals surface area contributed by atoms with Gasteiger partial charge in [-0.3, -0.25) is 18.6 Å². The summed E-state index contributed by atoms with van der Waals surface area (Å²) in [5, 5.41) is 3.00. The van der Waals surface area contributed by atoms with E-state index in [1.165, 1.54) is 83.5 Å². The van der Waals surface area contributed by atoms with Gasteiger partial charge in [0.05, 0.1) is 33.8 Å². The normalized spacial score (nSPS) is 14.5.